The monoisotopic (exact) mass is 299 g/mol. The van der Waals surface area contributed by atoms with Crippen molar-refractivity contribution in [3.63, 3.8) is 0 Å². The minimum atomic E-state index is -0.864. The second kappa shape index (κ2) is 6.32. The first-order chi connectivity index (χ1) is 10.6. The van der Waals surface area contributed by atoms with E-state index >= 15 is 0 Å². The molecule has 1 aromatic heterocycles. The molecule has 1 unspecified atom stereocenters. The number of nitrogens with one attached hydrogen (secondary N) is 1. The minimum Gasteiger partial charge on any atom is -0.480 e. The van der Waals surface area contributed by atoms with Gasteiger partial charge in [0.2, 0.25) is 0 Å². The molecule has 1 aromatic carbocycles. The molecule has 0 aliphatic heterocycles. The van der Waals surface area contributed by atoms with Gasteiger partial charge in [0.15, 0.2) is 0 Å². The molecule has 5 heteroatoms. The number of hydrogen-bond donors (Lipinski definition) is 2. The molecule has 1 aliphatic carbocycles. The van der Waals surface area contributed by atoms with Crippen LogP contribution in [-0.2, 0) is 11.3 Å². The summed E-state index contributed by atoms with van der Waals surface area (Å²) in [4.78, 5) is 11.5. The van der Waals surface area contributed by atoms with Gasteiger partial charge in [0, 0.05) is 18.3 Å². The van der Waals surface area contributed by atoms with Crippen molar-refractivity contribution < 1.29 is 9.90 Å². The normalized spacial score (nSPS) is 16.2. The van der Waals surface area contributed by atoms with Gasteiger partial charge in [-0.1, -0.05) is 29.8 Å². The third-order valence-corrected chi connectivity index (χ3v) is 4.24. The van der Waals surface area contributed by atoms with Crippen LogP contribution in [0.3, 0.4) is 0 Å². The summed E-state index contributed by atoms with van der Waals surface area (Å²) in [6, 6.07) is 7.43. The summed E-state index contributed by atoms with van der Waals surface area (Å²) in [5.41, 5.74) is 2.85. The predicted molar refractivity (Wildman–Crippen MR) is 83.5 cm³/mol. The summed E-state index contributed by atoms with van der Waals surface area (Å²) in [6.07, 6.45) is 7.49. The fourth-order valence-electron chi connectivity index (χ4n) is 2.74. The van der Waals surface area contributed by atoms with Gasteiger partial charge in [-0.25, -0.2) is 0 Å². The first kappa shape index (κ1) is 14.8. The Bertz CT molecular complexity index is 661. The van der Waals surface area contributed by atoms with Crippen LogP contribution < -0.4 is 5.32 Å². The summed E-state index contributed by atoms with van der Waals surface area (Å²) in [7, 11) is 0. The molecule has 0 spiro atoms. The van der Waals surface area contributed by atoms with Gasteiger partial charge in [-0.05, 0) is 31.7 Å². The first-order valence-corrected chi connectivity index (χ1v) is 7.69. The van der Waals surface area contributed by atoms with Crippen LogP contribution in [0, 0.1) is 6.92 Å². The highest BCUT2D eigenvalue weighted by Crippen LogP contribution is 2.30. The Labute approximate surface area is 130 Å². The molecular formula is C17H21N3O2. The fraction of sp³-hybridized carbons (Fsp3) is 0.412. The van der Waals surface area contributed by atoms with Crippen LogP contribution in [0.25, 0.3) is 0 Å². The Hall–Kier alpha value is -2.14. The Kier molecular flexibility index (Phi) is 4.24. The van der Waals surface area contributed by atoms with Gasteiger partial charge < -0.3 is 5.11 Å². The molecule has 1 aliphatic rings. The number of aryl methyl sites for hydroxylation is 1. The second-order valence-corrected chi connectivity index (χ2v) is 5.98. The van der Waals surface area contributed by atoms with Crippen molar-refractivity contribution in [2.75, 3.05) is 0 Å². The Morgan fingerprint density at radius 1 is 1.50 bits per heavy atom. The average molecular weight is 299 g/mol. The molecule has 116 valence electrons. The smallest absolute Gasteiger partial charge is 0.325 e. The number of benzene rings is 1. The molecule has 3 rings (SSSR count). The van der Waals surface area contributed by atoms with Gasteiger partial charge in [0.25, 0.3) is 0 Å². The average Bonchev–Trinajstić information content (AvgIpc) is 2.85. The van der Waals surface area contributed by atoms with E-state index in [0.29, 0.717) is 12.6 Å². The van der Waals surface area contributed by atoms with Crippen LogP contribution >= 0.6 is 0 Å². The highest BCUT2D eigenvalue weighted by molar-refractivity contribution is 5.75. The topological polar surface area (TPSA) is 67.2 Å². The number of aromatic nitrogens is 2. The Morgan fingerprint density at radius 2 is 2.32 bits per heavy atom. The maximum Gasteiger partial charge on any atom is 0.325 e. The van der Waals surface area contributed by atoms with E-state index in [1.165, 1.54) is 19.3 Å². The predicted octanol–water partition coefficient (Wildman–Crippen LogP) is 2.83. The number of hydrogen-bond acceptors (Lipinski definition) is 3. The zero-order chi connectivity index (χ0) is 15.5. The van der Waals surface area contributed by atoms with E-state index < -0.39 is 12.0 Å². The summed E-state index contributed by atoms with van der Waals surface area (Å²) < 4.78 is 2.00. The molecule has 2 aromatic rings. The van der Waals surface area contributed by atoms with Gasteiger partial charge in [0.1, 0.15) is 6.04 Å². The summed E-state index contributed by atoms with van der Waals surface area (Å²) in [6.45, 7) is 2.46. The van der Waals surface area contributed by atoms with Crippen LogP contribution in [-0.4, -0.2) is 20.9 Å². The third-order valence-electron chi connectivity index (χ3n) is 4.24. The van der Waals surface area contributed by atoms with Crippen molar-refractivity contribution in [1.82, 2.24) is 15.1 Å². The second-order valence-electron chi connectivity index (χ2n) is 5.98. The van der Waals surface area contributed by atoms with E-state index in [1.54, 1.807) is 0 Å². The summed E-state index contributed by atoms with van der Waals surface area (Å²) >= 11 is 0. The molecule has 0 amide bonds. The van der Waals surface area contributed by atoms with Gasteiger partial charge in [-0.2, -0.15) is 5.10 Å². The van der Waals surface area contributed by atoms with E-state index in [4.69, 9.17) is 0 Å². The van der Waals surface area contributed by atoms with Crippen LogP contribution in [0.1, 0.15) is 48.0 Å². The van der Waals surface area contributed by atoms with Crippen LogP contribution in [0.15, 0.2) is 36.7 Å². The lowest BCUT2D eigenvalue weighted by Crippen LogP contribution is -2.28. The zero-order valence-electron chi connectivity index (χ0n) is 12.7. The lowest BCUT2D eigenvalue weighted by atomic mass is 9.93. The molecule has 0 saturated heterocycles. The van der Waals surface area contributed by atoms with Gasteiger partial charge in [0.05, 0.1) is 12.2 Å². The third kappa shape index (κ3) is 3.20. The number of aliphatic carboxylic acids is 1. The van der Waals surface area contributed by atoms with Crippen molar-refractivity contribution in [1.29, 1.82) is 0 Å². The fourth-order valence-corrected chi connectivity index (χ4v) is 2.74. The summed E-state index contributed by atoms with van der Waals surface area (Å²) in [5.74, 6) is -0.864. The standard InChI is InChI=1S/C17H21N3O2/c1-12-4-2-5-14(8-12)16(17(21)22)18-9-13-10-19-20(11-13)15-6-3-7-15/h2,4-5,8,10-11,15-16,18H,3,6-7,9H2,1H3,(H,21,22). The molecule has 2 N–H and O–H groups in total. The molecule has 1 saturated carbocycles. The first-order valence-electron chi connectivity index (χ1n) is 7.69. The van der Waals surface area contributed by atoms with Crippen molar-refractivity contribution in [2.45, 2.75) is 44.8 Å². The largest absolute Gasteiger partial charge is 0.480 e. The van der Waals surface area contributed by atoms with Crippen molar-refractivity contribution >= 4 is 5.97 Å². The molecule has 0 radical (unpaired) electrons. The number of nitrogens with zero attached hydrogens (tertiary/aromatic N) is 2. The van der Waals surface area contributed by atoms with E-state index in [2.05, 4.69) is 10.4 Å². The number of carboxylic acid groups (broad SMARTS) is 1. The van der Waals surface area contributed by atoms with Crippen LogP contribution in [0.4, 0.5) is 0 Å². The quantitative estimate of drug-likeness (QED) is 0.860. The van der Waals surface area contributed by atoms with Crippen molar-refractivity contribution in [3.8, 4) is 0 Å². The van der Waals surface area contributed by atoms with E-state index in [1.807, 2.05) is 48.3 Å². The number of carbonyl (C=O) groups is 1. The Balaban J connectivity index is 1.66. The number of carboxylic acids is 1. The van der Waals surface area contributed by atoms with E-state index in [0.717, 1.165) is 16.7 Å². The lowest BCUT2D eigenvalue weighted by Gasteiger charge is -2.25. The van der Waals surface area contributed by atoms with E-state index in [9.17, 15) is 9.90 Å². The van der Waals surface area contributed by atoms with Gasteiger partial charge in [-0.15, -0.1) is 0 Å². The maximum atomic E-state index is 11.5. The highest BCUT2D eigenvalue weighted by Gasteiger charge is 2.21. The molecule has 1 heterocycles. The van der Waals surface area contributed by atoms with Gasteiger partial charge in [-0.3, -0.25) is 14.8 Å². The van der Waals surface area contributed by atoms with Crippen molar-refractivity contribution in [3.05, 3.63) is 53.3 Å². The molecular weight excluding hydrogens is 278 g/mol. The number of rotatable bonds is 6. The highest BCUT2D eigenvalue weighted by atomic mass is 16.4. The molecule has 1 fully saturated rings. The molecule has 22 heavy (non-hydrogen) atoms. The van der Waals surface area contributed by atoms with Crippen LogP contribution in [0.2, 0.25) is 0 Å². The summed E-state index contributed by atoms with van der Waals surface area (Å²) in [5, 5.41) is 16.9. The van der Waals surface area contributed by atoms with Gasteiger partial charge >= 0.3 is 5.97 Å². The lowest BCUT2D eigenvalue weighted by molar-refractivity contribution is -0.139. The van der Waals surface area contributed by atoms with Crippen molar-refractivity contribution in [2.24, 2.45) is 0 Å². The van der Waals surface area contributed by atoms with Crippen LogP contribution in [0.5, 0.6) is 0 Å². The zero-order valence-corrected chi connectivity index (χ0v) is 12.7. The molecule has 5 nitrogen and oxygen atoms in total. The Morgan fingerprint density at radius 3 is 2.95 bits per heavy atom. The molecule has 1 atom stereocenters. The maximum absolute atomic E-state index is 11.5. The van der Waals surface area contributed by atoms with E-state index in [-0.39, 0.29) is 0 Å². The molecule has 0 bridgehead atoms. The SMILES string of the molecule is Cc1cccc(C(NCc2cnn(C3CCC3)c2)C(=O)O)c1. The minimum absolute atomic E-state index is 0.498.